The highest BCUT2D eigenvalue weighted by Crippen LogP contribution is 2.50. The highest BCUT2D eigenvalue weighted by Gasteiger charge is 2.51. The number of nitrogens with two attached hydrogens (primary N) is 2. The Labute approximate surface area is 399 Å². The number of carbonyl (C=O) groups excluding carboxylic acids is 5. The van der Waals surface area contributed by atoms with Gasteiger partial charge in [0.05, 0.1) is 48.5 Å². The fraction of sp³-hybridized carbons (Fsp3) is 0.431. The third kappa shape index (κ3) is 8.43. The summed E-state index contributed by atoms with van der Waals surface area (Å²) in [6.45, 7) is 9.80. The number of hydrogen-bond acceptors (Lipinski definition) is 17. The van der Waals surface area contributed by atoms with Gasteiger partial charge >= 0.3 is 11.9 Å². The molecule has 0 bridgehead atoms. The lowest BCUT2D eigenvalue weighted by atomic mass is 9.69. The van der Waals surface area contributed by atoms with E-state index in [4.69, 9.17) is 30.4 Å². The number of esters is 2. The number of nitrogens with one attached hydrogen (secondary N) is 1. The number of benzene rings is 4. The van der Waals surface area contributed by atoms with Crippen molar-refractivity contribution in [3.05, 3.63) is 99.1 Å². The van der Waals surface area contributed by atoms with Crippen LogP contribution < -0.4 is 31.3 Å². The summed E-state index contributed by atoms with van der Waals surface area (Å²) in [5.41, 5.74) is 13.1. The second kappa shape index (κ2) is 18.5. The molecule has 0 aromatic heterocycles. The zero-order valence-corrected chi connectivity index (χ0v) is 39.6. The van der Waals surface area contributed by atoms with Crippen molar-refractivity contribution >= 4 is 40.8 Å². The number of methoxy groups -OCH3 is 2. The maximum Gasteiger partial charge on any atom is 0.343 e. The number of phenols is 4. The molecule has 18 nitrogen and oxygen atoms in total. The van der Waals surface area contributed by atoms with Gasteiger partial charge in [0, 0.05) is 58.7 Å². The van der Waals surface area contributed by atoms with Gasteiger partial charge in [0.2, 0.25) is 11.7 Å². The molecule has 8 rings (SSSR count). The molecule has 0 spiro atoms. The normalized spacial score (nSPS) is 23.5. The molecule has 8 atom stereocenters. The number of aromatic hydroxyl groups is 4. The fourth-order valence-corrected chi connectivity index (χ4v) is 10.3. The highest BCUT2D eigenvalue weighted by atomic mass is 16.6. The molecular weight excluding hydrogens is 891 g/mol. The Morgan fingerprint density at radius 3 is 2.22 bits per heavy atom. The van der Waals surface area contributed by atoms with E-state index in [0.29, 0.717) is 23.5 Å². The minimum absolute atomic E-state index is 0.00469. The van der Waals surface area contributed by atoms with Crippen LogP contribution in [0.15, 0.2) is 54.6 Å². The molecule has 4 aromatic rings. The van der Waals surface area contributed by atoms with E-state index in [1.807, 2.05) is 27.7 Å². The van der Waals surface area contributed by atoms with Crippen LogP contribution in [0.2, 0.25) is 0 Å². The second-order valence-corrected chi connectivity index (χ2v) is 19.1. The molecule has 2 aliphatic carbocycles. The largest absolute Gasteiger partial charge is 0.508 e. The van der Waals surface area contributed by atoms with E-state index in [-0.39, 0.29) is 112 Å². The van der Waals surface area contributed by atoms with E-state index in [1.54, 1.807) is 48.2 Å². The number of hydrogen-bond donors (Lipinski definition) is 7. The summed E-state index contributed by atoms with van der Waals surface area (Å²) < 4.78 is 22.5. The van der Waals surface area contributed by atoms with Gasteiger partial charge in [-0.2, -0.15) is 0 Å². The molecule has 2 fully saturated rings. The van der Waals surface area contributed by atoms with Crippen LogP contribution in [-0.2, 0) is 41.4 Å². The molecule has 2 heterocycles. The summed E-state index contributed by atoms with van der Waals surface area (Å²) in [5, 5.41) is 47.9. The molecule has 1 amide bonds. The minimum atomic E-state index is -1.44. The molecule has 9 N–H and O–H groups in total. The van der Waals surface area contributed by atoms with Crippen molar-refractivity contribution in [3.8, 4) is 28.7 Å². The van der Waals surface area contributed by atoms with Crippen LogP contribution in [-0.4, -0.2) is 102 Å². The SMILES string of the molecule is COC(=O)C(N)N(c1ccc(N2CC(C(=O)NCC3CC(C)OC3C)C2OC(=O)C2(C)CCc3c(O)c4c(c(O)c3C2)C(=O)c2cccc(OC)c2C4=O)cc1)C(N)c1cc(C(C)C)c(O)cc1O. The van der Waals surface area contributed by atoms with Crippen LogP contribution in [0.1, 0.15) is 114 Å². The number of anilines is 2. The van der Waals surface area contributed by atoms with Crippen molar-refractivity contribution in [2.75, 3.05) is 37.1 Å². The Morgan fingerprint density at radius 1 is 0.913 bits per heavy atom. The third-order valence-electron chi connectivity index (χ3n) is 14.3. The highest BCUT2D eigenvalue weighted by molar-refractivity contribution is 6.31. The second-order valence-electron chi connectivity index (χ2n) is 19.1. The van der Waals surface area contributed by atoms with Gasteiger partial charge in [0.25, 0.3) is 0 Å². The zero-order chi connectivity index (χ0) is 50.0. The van der Waals surface area contributed by atoms with E-state index >= 15 is 0 Å². The minimum Gasteiger partial charge on any atom is -0.508 e. The Balaban J connectivity index is 1.09. The van der Waals surface area contributed by atoms with Gasteiger partial charge in [-0.15, -0.1) is 0 Å². The molecular formula is C51H59N5O13. The van der Waals surface area contributed by atoms with E-state index in [0.717, 1.165) is 6.42 Å². The number of nitrogens with zero attached hydrogens (tertiary/aromatic N) is 2. The van der Waals surface area contributed by atoms with Crippen molar-refractivity contribution in [3.63, 3.8) is 0 Å². The van der Waals surface area contributed by atoms with Crippen molar-refractivity contribution in [1.29, 1.82) is 0 Å². The van der Waals surface area contributed by atoms with E-state index in [9.17, 15) is 44.4 Å². The first-order chi connectivity index (χ1) is 32.7. The molecule has 4 aromatic carbocycles. The number of phenolic OH excluding ortho intramolecular Hbond substituents is 4. The van der Waals surface area contributed by atoms with E-state index in [2.05, 4.69) is 5.32 Å². The first-order valence-corrected chi connectivity index (χ1v) is 23.0. The van der Waals surface area contributed by atoms with Crippen LogP contribution in [0.4, 0.5) is 11.4 Å². The Hall–Kier alpha value is -6.89. The number of fused-ring (bicyclic) bond motifs is 3. The molecule has 366 valence electrons. The number of amides is 1. The van der Waals surface area contributed by atoms with Crippen LogP contribution in [0.3, 0.4) is 0 Å². The van der Waals surface area contributed by atoms with Crippen LogP contribution in [0, 0.1) is 17.3 Å². The van der Waals surface area contributed by atoms with Crippen LogP contribution in [0.25, 0.3) is 0 Å². The summed E-state index contributed by atoms with van der Waals surface area (Å²) in [6, 6.07) is 13.9. The predicted molar refractivity (Wildman–Crippen MR) is 251 cm³/mol. The third-order valence-corrected chi connectivity index (χ3v) is 14.3. The smallest absolute Gasteiger partial charge is 0.343 e. The molecule has 4 aliphatic rings. The Morgan fingerprint density at radius 2 is 1.58 bits per heavy atom. The molecule has 2 saturated heterocycles. The average Bonchev–Trinajstić information content (AvgIpc) is 3.65. The maximum atomic E-state index is 14.6. The van der Waals surface area contributed by atoms with E-state index < -0.39 is 64.9 Å². The molecule has 0 radical (unpaired) electrons. The molecule has 8 unspecified atom stereocenters. The number of carbonyl (C=O) groups is 5. The van der Waals surface area contributed by atoms with Gasteiger partial charge < -0.3 is 66.0 Å². The van der Waals surface area contributed by atoms with Gasteiger partial charge in [-0.1, -0.05) is 26.0 Å². The molecule has 0 saturated carbocycles. The Kier molecular flexibility index (Phi) is 13.1. The summed E-state index contributed by atoms with van der Waals surface area (Å²) in [5.74, 6) is -5.35. The van der Waals surface area contributed by atoms with Crippen molar-refractivity contribution < 1.29 is 63.3 Å². The predicted octanol–water partition coefficient (Wildman–Crippen LogP) is 4.77. The summed E-state index contributed by atoms with van der Waals surface area (Å²) in [4.78, 5) is 72.4. The lowest BCUT2D eigenvalue weighted by molar-refractivity contribution is -0.170. The van der Waals surface area contributed by atoms with E-state index in [1.165, 1.54) is 37.3 Å². The summed E-state index contributed by atoms with van der Waals surface area (Å²) >= 11 is 0. The topological polar surface area (TPSA) is 274 Å². The van der Waals surface area contributed by atoms with Gasteiger partial charge in [-0.25, -0.2) is 4.79 Å². The lowest BCUT2D eigenvalue weighted by Crippen LogP contribution is -2.64. The van der Waals surface area contributed by atoms with Crippen molar-refractivity contribution in [1.82, 2.24) is 5.32 Å². The summed E-state index contributed by atoms with van der Waals surface area (Å²) in [7, 11) is 2.54. The van der Waals surface area contributed by atoms with Crippen molar-refractivity contribution in [2.24, 2.45) is 28.7 Å². The first kappa shape index (κ1) is 48.6. The standard InChI is InChI=1S/C51H59N5O13/c1-23(2)31-18-32(36(58)19-35(31)57)45(52)56(46(53)49(64)67-7)28-13-11-27(12-14-28)55-22-34(47(63)54-21-26-17-24(3)68-25(26)4)48(55)69-50(65)51(5)16-15-29-33(20-51)43(61)39-40(41(29)59)44(62)38-30(42(39)60)9-8-10-37(38)66-6/h8-14,18-19,23-26,34,45-46,48,57-59,61H,15-17,20-22,52-53H2,1-7H3,(H,54,63). The fourth-order valence-electron chi connectivity index (χ4n) is 10.3. The van der Waals surface area contributed by atoms with Crippen LogP contribution in [0.5, 0.6) is 28.7 Å². The summed E-state index contributed by atoms with van der Waals surface area (Å²) in [6.07, 6.45) is -3.04. The number of ether oxygens (including phenoxy) is 4. The van der Waals surface area contributed by atoms with Gasteiger partial charge in [0.1, 0.15) is 40.8 Å². The van der Waals surface area contributed by atoms with Crippen molar-refractivity contribution in [2.45, 2.75) is 97.0 Å². The maximum absolute atomic E-state index is 14.6. The Bertz CT molecular complexity index is 2740. The average molecular weight is 950 g/mol. The van der Waals surface area contributed by atoms with Crippen LogP contribution >= 0.6 is 0 Å². The first-order valence-electron chi connectivity index (χ1n) is 23.0. The quantitative estimate of drug-likeness (QED) is 0.0476. The van der Waals surface area contributed by atoms with Gasteiger partial charge in [-0.05, 0) is 94.3 Å². The lowest BCUT2D eigenvalue weighted by Gasteiger charge is -2.48. The number of rotatable bonds is 13. The van der Waals surface area contributed by atoms with Gasteiger partial charge in [0.15, 0.2) is 18.2 Å². The van der Waals surface area contributed by atoms with Gasteiger partial charge in [-0.3, -0.25) is 19.2 Å². The monoisotopic (exact) mass is 949 g/mol. The molecule has 2 aliphatic heterocycles. The zero-order valence-electron chi connectivity index (χ0n) is 39.6. The molecule has 69 heavy (non-hydrogen) atoms. The molecule has 18 heteroatoms. The number of ketones is 2.